The van der Waals surface area contributed by atoms with Gasteiger partial charge in [0.2, 0.25) is 0 Å². The molecule has 0 saturated carbocycles. The second kappa shape index (κ2) is 19.3. The highest BCUT2D eigenvalue weighted by Gasteiger charge is 2.22. The van der Waals surface area contributed by atoms with Gasteiger partial charge in [0.1, 0.15) is 0 Å². The second-order valence-electron chi connectivity index (χ2n) is 20.3. The molecule has 0 spiro atoms. The molecule has 13 aromatic carbocycles. The Bertz CT molecular complexity index is 4700. The molecule has 0 bridgehead atoms. The van der Waals surface area contributed by atoms with Crippen LogP contribution in [0.5, 0.6) is 0 Å². The number of fused-ring (bicyclic) bond motifs is 6. The molecule has 0 aliphatic rings. The Kier molecular flexibility index (Phi) is 11.2. The highest BCUT2D eigenvalue weighted by atomic mass is 15.1. The zero-order chi connectivity index (χ0) is 52.2. The predicted octanol–water partition coefficient (Wildman–Crippen LogP) is 20.9. The lowest BCUT2D eigenvalue weighted by molar-refractivity contribution is 1.25. The minimum atomic E-state index is 0.855. The Hall–Kier alpha value is -10.5. The molecular formula is C76H49N3. The van der Waals surface area contributed by atoms with E-state index in [1.165, 1.54) is 109 Å². The number of anilines is 3. The van der Waals surface area contributed by atoms with Crippen LogP contribution in [0.25, 0.3) is 132 Å². The van der Waals surface area contributed by atoms with E-state index in [0.717, 1.165) is 39.6 Å². The largest absolute Gasteiger partial charge is 0.310 e. The van der Waals surface area contributed by atoms with Crippen molar-refractivity contribution in [2.75, 3.05) is 4.90 Å². The van der Waals surface area contributed by atoms with Crippen molar-refractivity contribution >= 4 is 81.7 Å². The van der Waals surface area contributed by atoms with Crippen LogP contribution in [-0.2, 0) is 0 Å². The third-order valence-corrected chi connectivity index (χ3v) is 15.9. The van der Waals surface area contributed by atoms with Gasteiger partial charge >= 0.3 is 0 Å². The highest BCUT2D eigenvalue weighted by Crippen LogP contribution is 2.49. The summed E-state index contributed by atoms with van der Waals surface area (Å²) in [6, 6.07) is 104. The molecule has 0 N–H and O–H groups in total. The number of benzene rings is 13. The number of rotatable bonds is 9. The predicted molar refractivity (Wildman–Crippen MR) is 334 cm³/mol. The Morgan fingerprint density at radius 3 is 1.24 bits per heavy atom. The molecule has 0 aliphatic carbocycles. The van der Waals surface area contributed by atoms with Gasteiger partial charge in [0.05, 0.1) is 11.4 Å². The third-order valence-electron chi connectivity index (χ3n) is 15.9. The number of aromatic nitrogens is 2. The molecule has 0 saturated heterocycles. The average molecular weight is 1000 g/mol. The van der Waals surface area contributed by atoms with Crippen molar-refractivity contribution in [1.82, 2.24) is 9.97 Å². The quantitative estimate of drug-likeness (QED) is 0.135. The van der Waals surface area contributed by atoms with Gasteiger partial charge in [-0.1, -0.05) is 231 Å². The van der Waals surface area contributed by atoms with E-state index in [1.54, 1.807) is 0 Å². The van der Waals surface area contributed by atoms with Crippen LogP contribution in [0.2, 0.25) is 0 Å². The van der Waals surface area contributed by atoms with Crippen molar-refractivity contribution in [2.24, 2.45) is 0 Å². The molecular weight excluding hydrogens is 955 g/mol. The van der Waals surface area contributed by atoms with E-state index >= 15 is 0 Å². The smallest absolute Gasteiger partial charge is 0.0886 e. The van der Waals surface area contributed by atoms with E-state index in [0.29, 0.717) is 0 Å². The van der Waals surface area contributed by atoms with Gasteiger partial charge in [-0.3, -0.25) is 9.97 Å². The normalized spacial score (nSPS) is 11.5. The molecule has 0 fully saturated rings. The lowest BCUT2D eigenvalue weighted by Gasteiger charge is -2.26. The van der Waals surface area contributed by atoms with Crippen LogP contribution in [0.3, 0.4) is 0 Å². The number of hydrogen-bond donors (Lipinski definition) is 0. The van der Waals surface area contributed by atoms with Crippen LogP contribution < -0.4 is 4.90 Å². The maximum Gasteiger partial charge on any atom is 0.0886 e. The van der Waals surface area contributed by atoms with Crippen molar-refractivity contribution in [3.63, 3.8) is 0 Å². The maximum absolute atomic E-state index is 4.93. The Labute approximate surface area is 458 Å². The zero-order valence-corrected chi connectivity index (χ0v) is 43.1. The Balaban J connectivity index is 0.833. The van der Waals surface area contributed by atoms with Gasteiger partial charge in [-0.25, -0.2) is 0 Å². The molecule has 3 nitrogen and oxygen atoms in total. The zero-order valence-electron chi connectivity index (χ0n) is 43.1. The fourth-order valence-corrected chi connectivity index (χ4v) is 12.5. The molecule has 0 unspecified atom stereocenters. The van der Waals surface area contributed by atoms with Crippen LogP contribution in [0.15, 0.2) is 298 Å². The van der Waals surface area contributed by atoms with Crippen molar-refractivity contribution < 1.29 is 0 Å². The van der Waals surface area contributed by atoms with E-state index in [-0.39, 0.29) is 0 Å². The van der Waals surface area contributed by atoms with E-state index in [4.69, 9.17) is 4.98 Å². The molecule has 0 atom stereocenters. The van der Waals surface area contributed by atoms with Crippen molar-refractivity contribution in [3.05, 3.63) is 298 Å². The molecule has 3 heteroatoms. The standard InChI is InChI=1S/C76H49N3/c1-2-23-54(24-3-1)79(56-25-18-22-52(48-56)73-62-29-8-12-33-66(62)75(67-34-13-9-30-63(67)73)61-37-19-21-50-20-4-5-26-57(50)61)55-42-39-51(40-43-55)58-44-45-70(60-28-7-6-27-59(58)60)76-68-35-14-10-31-64(68)74(65-32-11-15-36-69(65)76)53-41-46-72(78-49-53)71-38-16-17-47-77-71/h1-49H. The average Bonchev–Trinajstić information content (AvgIpc) is 3.64. The molecule has 15 aromatic rings. The molecule has 0 radical (unpaired) electrons. The first-order valence-electron chi connectivity index (χ1n) is 27.0. The Morgan fingerprint density at radius 1 is 0.228 bits per heavy atom. The van der Waals surface area contributed by atoms with Gasteiger partial charge in [-0.2, -0.15) is 0 Å². The van der Waals surface area contributed by atoms with Crippen LogP contribution in [0.1, 0.15) is 0 Å². The topological polar surface area (TPSA) is 29.0 Å². The first-order chi connectivity index (χ1) is 39.2. The SMILES string of the molecule is c1ccc(N(c2ccc(-c3ccc(-c4c5ccccc5c(-c5ccc(-c6ccccn6)nc5)c5ccccc45)c4ccccc34)cc2)c2cccc(-c3c4ccccc4c(-c4cccc5ccccc45)c4ccccc34)c2)cc1. The summed E-state index contributed by atoms with van der Waals surface area (Å²) in [5.74, 6) is 0. The number of para-hydroxylation sites is 1. The van der Waals surface area contributed by atoms with Crippen LogP contribution in [0, 0.1) is 0 Å². The molecule has 368 valence electrons. The molecule has 2 heterocycles. The first kappa shape index (κ1) is 45.9. The second-order valence-corrected chi connectivity index (χ2v) is 20.3. The van der Waals surface area contributed by atoms with Gasteiger partial charge in [0, 0.05) is 35.0 Å². The number of nitrogens with zero attached hydrogens (tertiary/aromatic N) is 3. The summed E-state index contributed by atoms with van der Waals surface area (Å²) in [7, 11) is 0. The summed E-state index contributed by atoms with van der Waals surface area (Å²) in [6.45, 7) is 0. The Morgan fingerprint density at radius 2 is 0.658 bits per heavy atom. The van der Waals surface area contributed by atoms with Gasteiger partial charge in [0.15, 0.2) is 0 Å². The van der Waals surface area contributed by atoms with E-state index in [1.807, 2.05) is 30.6 Å². The van der Waals surface area contributed by atoms with Crippen molar-refractivity contribution in [2.45, 2.75) is 0 Å². The molecule has 2 aromatic heterocycles. The van der Waals surface area contributed by atoms with Crippen molar-refractivity contribution in [1.29, 1.82) is 0 Å². The number of hydrogen-bond acceptors (Lipinski definition) is 3. The van der Waals surface area contributed by atoms with E-state index < -0.39 is 0 Å². The minimum Gasteiger partial charge on any atom is -0.310 e. The summed E-state index contributed by atoms with van der Waals surface area (Å²) < 4.78 is 0. The van der Waals surface area contributed by atoms with Crippen LogP contribution in [-0.4, -0.2) is 9.97 Å². The highest BCUT2D eigenvalue weighted by molar-refractivity contribution is 6.25. The lowest BCUT2D eigenvalue weighted by atomic mass is 9.84. The fraction of sp³-hybridized carbons (Fsp3) is 0. The van der Waals surface area contributed by atoms with Gasteiger partial charge in [0.25, 0.3) is 0 Å². The van der Waals surface area contributed by atoms with Gasteiger partial charge in [-0.15, -0.1) is 0 Å². The molecule has 0 amide bonds. The molecule has 0 aliphatic heterocycles. The monoisotopic (exact) mass is 1000 g/mol. The minimum absolute atomic E-state index is 0.855. The summed E-state index contributed by atoms with van der Waals surface area (Å²) in [5.41, 5.74) is 16.9. The summed E-state index contributed by atoms with van der Waals surface area (Å²) >= 11 is 0. The lowest BCUT2D eigenvalue weighted by Crippen LogP contribution is -2.09. The maximum atomic E-state index is 4.93. The molecule has 79 heavy (non-hydrogen) atoms. The fourth-order valence-electron chi connectivity index (χ4n) is 12.5. The van der Waals surface area contributed by atoms with Crippen LogP contribution in [0.4, 0.5) is 17.1 Å². The summed E-state index contributed by atoms with van der Waals surface area (Å²) in [6.07, 6.45) is 3.81. The van der Waals surface area contributed by atoms with Crippen LogP contribution >= 0.6 is 0 Å². The van der Waals surface area contributed by atoms with Gasteiger partial charge < -0.3 is 4.90 Å². The summed E-state index contributed by atoms with van der Waals surface area (Å²) in [5, 5.41) is 14.7. The van der Waals surface area contributed by atoms with E-state index in [2.05, 4.69) is 277 Å². The first-order valence-corrected chi connectivity index (χ1v) is 27.0. The third kappa shape index (κ3) is 7.82. The van der Waals surface area contributed by atoms with E-state index in [9.17, 15) is 0 Å². The number of pyridine rings is 2. The van der Waals surface area contributed by atoms with Crippen molar-refractivity contribution in [3.8, 4) is 67.0 Å². The molecule has 15 rings (SSSR count). The van der Waals surface area contributed by atoms with Gasteiger partial charge in [-0.05, 0) is 169 Å². The summed E-state index contributed by atoms with van der Waals surface area (Å²) in [4.78, 5) is 11.9.